The molecule has 0 aromatic heterocycles. The van der Waals surface area contributed by atoms with Gasteiger partial charge in [-0.2, -0.15) is 0 Å². The maximum Gasteiger partial charge on any atom is 0.224 e. The molecular weight excluding hydrogens is 216 g/mol. The van der Waals surface area contributed by atoms with Gasteiger partial charge in [-0.1, -0.05) is 26.2 Å². The van der Waals surface area contributed by atoms with Gasteiger partial charge in [0.05, 0.1) is 18.6 Å². The van der Waals surface area contributed by atoms with Crippen LogP contribution in [0.25, 0.3) is 0 Å². The standard InChI is InChI=1S/C13H26N2O2/c1-2-5-11(10-14)13(16)15-8-9-17-12-6-3-4-7-12/h11-12H,2-10,14H2,1H3,(H,15,16). The zero-order valence-corrected chi connectivity index (χ0v) is 10.9. The first-order valence-electron chi connectivity index (χ1n) is 6.87. The normalized spacial score (nSPS) is 18.2. The van der Waals surface area contributed by atoms with Gasteiger partial charge < -0.3 is 15.8 Å². The Kier molecular flexibility index (Phi) is 7.21. The van der Waals surface area contributed by atoms with E-state index in [0.29, 0.717) is 25.8 Å². The molecule has 1 amide bonds. The van der Waals surface area contributed by atoms with Crippen molar-refractivity contribution in [1.29, 1.82) is 0 Å². The summed E-state index contributed by atoms with van der Waals surface area (Å²) < 4.78 is 5.68. The molecule has 4 nitrogen and oxygen atoms in total. The molecule has 1 fully saturated rings. The average molecular weight is 242 g/mol. The molecule has 0 radical (unpaired) electrons. The first-order chi connectivity index (χ1) is 8.27. The van der Waals surface area contributed by atoms with Crippen LogP contribution in [0.3, 0.4) is 0 Å². The Bertz CT molecular complexity index is 215. The fourth-order valence-electron chi connectivity index (χ4n) is 2.30. The highest BCUT2D eigenvalue weighted by molar-refractivity contribution is 5.78. The van der Waals surface area contributed by atoms with Crippen molar-refractivity contribution in [3.63, 3.8) is 0 Å². The van der Waals surface area contributed by atoms with Crippen LogP contribution in [0.4, 0.5) is 0 Å². The lowest BCUT2D eigenvalue weighted by atomic mass is 10.0. The lowest BCUT2D eigenvalue weighted by Gasteiger charge is -2.15. The van der Waals surface area contributed by atoms with Crippen LogP contribution in [-0.4, -0.2) is 31.7 Å². The zero-order chi connectivity index (χ0) is 12.5. The number of nitrogens with two attached hydrogens (primary N) is 1. The van der Waals surface area contributed by atoms with E-state index in [1.807, 2.05) is 0 Å². The van der Waals surface area contributed by atoms with Crippen LogP contribution >= 0.6 is 0 Å². The van der Waals surface area contributed by atoms with Gasteiger partial charge in [0.2, 0.25) is 5.91 Å². The van der Waals surface area contributed by atoms with Gasteiger partial charge in [-0.25, -0.2) is 0 Å². The number of carbonyl (C=O) groups is 1. The molecule has 3 N–H and O–H groups in total. The van der Waals surface area contributed by atoms with Gasteiger partial charge in [0.1, 0.15) is 0 Å². The van der Waals surface area contributed by atoms with Crippen LogP contribution < -0.4 is 11.1 Å². The first kappa shape index (κ1) is 14.5. The van der Waals surface area contributed by atoms with Gasteiger partial charge >= 0.3 is 0 Å². The maximum absolute atomic E-state index is 11.7. The largest absolute Gasteiger partial charge is 0.376 e. The number of rotatable bonds is 8. The SMILES string of the molecule is CCCC(CN)C(=O)NCCOC1CCCC1. The molecule has 4 heteroatoms. The van der Waals surface area contributed by atoms with Crippen molar-refractivity contribution in [2.24, 2.45) is 11.7 Å². The molecule has 1 atom stereocenters. The molecular formula is C13H26N2O2. The molecule has 0 heterocycles. The van der Waals surface area contributed by atoms with Crippen LogP contribution in [0.2, 0.25) is 0 Å². The predicted molar refractivity (Wildman–Crippen MR) is 68.7 cm³/mol. The quantitative estimate of drug-likeness (QED) is 0.633. The molecule has 1 saturated carbocycles. The van der Waals surface area contributed by atoms with Crippen LogP contribution in [0.15, 0.2) is 0 Å². The maximum atomic E-state index is 11.7. The second-order valence-corrected chi connectivity index (χ2v) is 4.79. The Balaban J connectivity index is 2.05. The van der Waals surface area contributed by atoms with Crippen molar-refractivity contribution in [2.45, 2.75) is 51.6 Å². The van der Waals surface area contributed by atoms with Crippen molar-refractivity contribution in [3.05, 3.63) is 0 Å². The smallest absolute Gasteiger partial charge is 0.224 e. The van der Waals surface area contributed by atoms with Crippen molar-refractivity contribution < 1.29 is 9.53 Å². The summed E-state index contributed by atoms with van der Waals surface area (Å²) in [5.74, 6) is 0.0378. The molecule has 1 unspecified atom stereocenters. The third-order valence-electron chi connectivity index (χ3n) is 3.35. The lowest BCUT2D eigenvalue weighted by molar-refractivity contribution is -0.125. The Morgan fingerprint density at radius 3 is 2.76 bits per heavy atom. The predicted octanol–water partition coefficient (Wildman–Crippen LogP) is 1.44. The molecule has 0 aliphatic heterocycles. The molecule has 100 valence electrons. The van der Waals surface area contributed by atoms with Crippen molar-refractivity contribution in [2.75, 3.05) is 19.7 Å². The molecule has 17 heavy (non-hydrogen) atoms. The monoisotopic (exact) mass is 242 g/mol. The summed E-state index contributed by atoms with van der Waals surface area (Å²) in [6, 6.07) is 0. The summed E-state index contributed by atoms with van der Waals surface area (Å²) in [7, 11) is 0. The second kappa shape index (κ2) is 8.48. The number of ether oxygens (including phenoxy) is 1. The molecule has 0 aromatic rings. The van der Waals surface area contributed by atoms with E-state index in [9.17, 15) is 4.79 Å². The fourth-order valence-corrected chi connectivity index (χ4v) is 2.30. The van der Waals surface area contributed by atoms with Crippen molar-refractivity contribution >= 4 is 5.91 Å². The Labute approximate surface area is 104 Å². The highest BCUT2D eigenvalue weighted by atomic mass is 16.5. The molecule has 0 spiro atoms. The van der Waals surface area contributed by atoms with Gasteiger partial charge in [0, 0.05) is 13.1 Å². The van der Waals surface area contributed by atoms with E-state index in [2.05, 4.69) is 12.2 Å². The van der Waals surface area contributed by atoms with E-state index >= 15 is 0 Å². The highest BCUT2D eigenvalue weighted by Crippen LogP contribution is 2.20. The van der Waals surface area contributed by atoms with E-state index in [-0.39, 0.29) is 11.8 Å². The number of hydrogen-bond acceptors (Lipinski definition) is 3. The van der Waals surface area contributed by atoms with Crippen LogP contribution in [-0.2, 0) is 9.53 Å². The summed E-state index contributed by atoms with van der Waals surface area (Å²) >= 11 is 0. The third-order valence-corrected chi connectivity index (χ3v) is 3.35. The van der Waals surface area contributed by atoms with E-state index in [0.717, 1.165) is 12.8 Å². The Morgan fingerprint density at radius 1 is 1.47 bits per heavy atom. The Morgan fingerprint density at radius 2 is 2.18 bits per heavy atom. The van der Waals surface area contributed by atoms with Crippen LogP contribution in [0, 0.1) is 5.92 Å². The summed E-state index contributed by atoms with van der Waals surface area (Å²) in [5.41, 5.74) is 5.57. The molecule has 0 saturated heterocycles. The average Bonchev–Trinajstić information content (AvgIpc) is 2.84. The van der Waals surface area contributed by atoms with Crippen LogP contribution in [0.1, 0.15) is 45.4 Å². The number of hydrogen-bond donors (Lipinski definition) is 2. The van der Waals surface area contributed by atoms with Gasteiger partial charge in [-0.05, 0) is 19.3 Å². The molecule has 1 aliphatic carbocycles. The summed E-state index contributed by atoms with van der Waals surface area (Å²) in [6.45, 7) is 3.73. The molecule has 1 rings (SSSR count). The number of carbonyl (C=O) groups excluding carboxylic acids is 1. The summed E-state index contributed by atoms with van der Waals surface area (Å²) in [5, 5.41) is 2.90. The fraction of sp³-hybridized carbons (Fsp3) is 0.923. The third kappa shape index (κ3) is 5.50. The molecule has 0 aromatic carbocycles. The topological polar surface area (TPSA) is 64.4 Å². The van der Waals surface area contributed by atoms with Crippen molar-refractivity contribution in [1.82, 2.24) is 5.32 Å². The van der Waals surface area contributed by atoms with Crippen molar-refractivity contribution in [3.8, 4) is 0 Å². The summed E-state index contributed by atoms with van der Waals surface area (Å²) in [4.78, 5) is 11.7. The van der Waals surface area contributed by atoms with E-state index in [1.54, 1.807) is 0 Å². The lowest BCUT2D eigenvalue weighted by Crippen LogP contribution is -2.37. The number of amides is 1. The minimum absolute atomic E-state index is 0.0357. The van der Waals surface area contributed by atoms with Gasteiger partial charge in [-0.3, -0.25) is 4.79 Å². The number of nitrogens with one attached hydrogen (secondary N) is 1. The molecule has 1 aliphatic rings. The first-order valence-corrected chi connectivity index (χ1v) is 6.87. The van der Waals surface area contributed by atoms with E-state index in [4.69, 9.17) is 10.5 Å². The van der Waals surface area contributed by atoms with Gasteiger partial charge in [0.15, 0.2) is 0 Å². The molecule has 0 bridgehead atoms. The van der Waals surface area contributed by atoms with E-state index in [1.165, 1.54) is 25.7 Å². The second-order valence-electron chi connectivity index (χ2n) is 4.79. The zero-order valence-electron chi connectivity index (χ0n) is 10.9. The van der Waals surface area contributed by atoms with E-state index < -0.39 is 0 Å². The highest BCUT2D eigenvalue weighted by Gasteiger charge is 2.16. The Hall–Kier alpha value is -0.610. The van der Waals surface area contributed by atoms with Gasteiger partial charge in [0.25, 0.3) is 0 Å². The minimum atomic E-state index is -0.0357. The summed E-state index contributed by atoms with van der Waals surface area (Å²) in [6.07, 6.45) is 7.20. The van der Waals surface area contributed by atoms with Gasteiger partial charge in [-0.15, -0.1) is 0 Å². The minimum Gasteiger partial charge on any atom is -0.376 e. The van der Waals surface area contributed by atoms with Crippen LogP contribution in [0.5, 0.6) is 0 Å².